The van der Waals surface area contributed by atoms with Crippen LogP contribution in [0.4, 0.5) is 0 Å². The van der Waals surface area contributed by atoms with Crippen molar-refractivity contribution in [2.75, 3.05) is 13.1 Å². The Kier molecular flexibility index (Phi) is 5.53. The fourth-order valence-electron chi connectivity index (χ4n) is 3.94. The van der Waals surface area contributed by atoms with E-state index in [1.54, 1.807) is 0 Å². The van der Waals surface area contributed by atoms with Crippen molar-refractivity contribution in [3.05, 3.63) is 18.0 Å². The fraction of sp³-hybridized carbons (Fsp3) is 0.722. The third kappa shape index (κ3) is 3.92. The highest BCUT2D eigenvalue weighted by molar-refractivity contribution is 7.89. The first kappa shape index (κ1) is 18.5. The summed E-state index contributed by atoms with van der Waals surface area (Å²) in [6.45, 7) is 5.52. The zero-order valence-corrected chi connectivity index (χ0v) is 15.9. The monoisotopic (exact) mass is 367 g/mol. The summed E-state index contributed by atoms with van der Waals surface area (Å²) in [5.41, 5.74) is 0.320. The third-order valence-corrected chi connectivity index (χ3v) is 7.75. The molecule has 1 aliphatic carbocycles. The van der Waals surface area contributed by atoms with Crippen LogP contribution in [-0.4, -0.2) is 42.7 Å². The number of nitrogens with one attached hydrogen (secondary N) is 2. The van der Waals surface area contributed by atoms with Crippen LogP contribution in [0, 0.1) is 11.8 Å². The zero-order valence-electron chi connectivity index (χ0n) is 15.1. The number of hydrogen-bond acceptors (Lipinski definition) is 3. The number of piperidine rings is 1. The molecule has 25 heavy (non-hydrogen) atoms. The van der Waals surface area contributed by atoms with E-state index in [-0.39, 0.29) is 16.8 Å². The summed E-state index contributed by atoms with van der Waals surface area (Å²) in [5.74, 6) is 0.813. The van der Waals surface area contributed by atoms with Gasteiger partial charge in [0.25, 0.3) is 5.91 Å². The van der Waals surface area contributed by atoms with Gasteiger partial charge in [-0.25, -0.2) is 8.42 Å². The van der Waals surface area contributed by atoms with Crippen LogP contribution >= 0.6 is 0 Å². The molecule has 0 bridgehead atoms. The van der Waals surface area contributed by atoms with Gasteiger partial charge in [0.2, 0.25) is 10.0 Å². The number of nitrogens with zero attached hydrogens (tertiary/aromatic N) is 1. The minimum atomic E-state index is -3.51. The lowest BCUT2D eigenvalue weighted by Gasteiger charge is -2.34. The number of carbonyl (C=O) groups is 1. The molecule has 3 atom stereocenters. The summed E-state index contributed by atoms with van der Waals surface area (Å²) in [7, 11) is -3.51. The molecule has 7 heteroatoms. The smallest absolute Gasteiger partial charge is 0.267 e. The summed E-state index contributed by atoms with van der Waals surface area (Å²) in [6.07, 6.45) is 7.61. The van der Waals surface area contributed by atoms with Gasteiger partial charge in [0, 0.05) is 25.3 Å². The molecule has 2 fully saturated rings. The van der Waals surface area contributed by atoms with Crippen molar-refractivity contribution in [2.45, 2.75) is 63.3 Å². The second-order valence-corrected chi connectivity index (χ2v) is 9.50. The maximum atomic E-state index is 12.7. The molecule has 1 saturated heterocycles. The molecular formula is C18H29N3O3S. The Morgan fingerprint density at radius 1 is 1.16 bits per heavy atom. The Morgan fingerprint density at radius 2 is 1.88 bits per heavy atom. The highest BCUT2D eigenvalue weighted by Crippen LogP contribution is 2.29. The van der Waals surface area contributed by atoms with E-state index in [2.05, 4.69) is 24.1 Å². The molecule has 3 rings (SSSR count). The maximum absolute atomic E-state index is 12.7. The standard InChI is InChI=1S/C18H29N3O3S/c1-13-7-6-8-16(14(13)2)20-18(22)17-11-15(12-19-17)25(23,24)21-9-4-3-5-10-21/h11-14,16,19H,3-10H2,1-2H3,(H,20,22)/t13-,14+,16-/m1/s1. The van der Waals surface area contributed by atoms with Gasteiger partial charge in [0.1, 0.15) is 10.6 Å². The average Bonchev–Trinajstić information content (AvgIpc) is 3.11. The predicted molar refractivity (Wildman–Crippen MR) is 96.8 cm³/mol. The first-order chi connectivity index (χ1) is 11.9. The number of carbonyl (C=O) groups excluding carboxylic acids is 1. The second kappa shape index (κ2) is 7.50. The van der Waals surface area contributed by atoms with E-state index in [4.69, 9.17) is 0 Å². The van der Waals surface area contributed by atoms with Crippen molar-refractivity contribution in [3.8, 4) is 0 Å². The Hall–Kier alpha value is -1.34. The molecule has 1 aliphatic heterocycles. The van der Waals surface area contributed by atoms with E-state index in [1.807, 2.05) is 0 Å². The summed E-state index contributed by atoms with van der Waals surface area (Å²) in [5, 5.41) is 3.08. The fourth-order valence-corrected chi connectivity index (χ4v) is 5.45. The predicted octanol–water partition coefficient (Wildman–Crippen LogP) is 2.74. The van der Waals surface area contributed by atoms with Crippen LogP contribution in [0.15, 0.2) is 17.2 Å². The lowest BCUT2D eigenvalue weighted by atomic mass is 9.78. The lowest BCUT2D eigenvalue weighted by Crippen LogP contribution is -2.43. The number of amides is 1. The molecule has 2 aliphatic rings. The van der Waals surface area contributed by atoms with Crippen LogP contribution < -0.4 is 5.32 Å². The minimum Gasteiger partial charge on any atom is -0.356 e. The van der Waals surface area contributed by atoms with E-state index >= 15 is 0 Å². The SMILES string of the molecule is C[C@H]1[C@H](C)CCC[C@H]1NC(=O)c1cc(S(=O)(=O)N2CCCCC2)c[nH]1. The molecule has 1 saturated carbocycles. The quantitative estimate of drug-likeness (QED) is 0.858. The van der Waals surface area contributed by atoms with E-state index < -0.39 is 10.0 Å². The molecule has 1 amide bonds. The van der Waals surface area contributed by atoms with Crippen molar-refractivity contribution in [1.29, 1.82) is 0 Å². The van der Waals surface area contributed by atoms with E-state index in [0.29, 0.717) is 30.6 Å². The van der Waals surface area contributed by atoms with Gasteiger partial charge in [0.05, 0.1) is 0 Å². The van der Waals surface area contributed by atoms with Gasteiger partial charge in [-0.05, 0) is 37.2 Å². The van der Waals surface area contributed by atoms with Crippen molar-refractivity contribution in [1.82, 2.24) is 14.6 Å². The van der Waals surface area contributed by atoms with Gasteiger partial charge >= 0.3 is 0 Å². The van der Waals surface area contributed by atoms with Crippen molar-refractivity contribution < 1.29 is 13.2 Å². The Bertz CT molecular complexity index is 707. The van der Waals surface area contributed by atoms with Gasteiger partial charge in [0.15, 0.2) is 0 Å². The van der Waals surface area contributed by atoms with Crippen molar-refractivity contribution in [3.63, 3.8) is 0 Å². The highest BCUT2D eigenvalue weighted by atomic mass is 32.2. The minimum absolute atomic E-state index is 0.154. The van der Waals surface area contributed by atoms with Gasteiger partial charge in [-0.3, -0.25) is 4.79 Å². The first-order valence-electron chi connectivity index (χ1n) is 9.39. The van der Waals surface area contributed by atoms with Crippen molar-refractivity contribution in [2.24, 2.45) is 11.8 Å². The molecule has 140 valence electrons. The van der Waals surface area contributed by atoms with Crippen molar-refractivity contribution >= 4 is 15.9 Å². The summed E-state index contributed by atoms with van der Waals surface area (Å²) >= 11 is 0. The van der Waals surface area contributed by atoms with Gasteiger partial charge < -0.3 is 10.3 Å². The van der Waals surface area contributed by atoms with E-state index in [1.165, 1.54) is 23.0 Å². The molecule has 1 aromatic rings. The topological polar surface area (TPSA) is 82.3 Å². The highest BCUT2D eigenvalue weighted by Gasteiger charge is 2.30. The molecule has 1 aromatic heterocycles. The molecular weight excluding hydrogens is 338 g/mol. The molecule has 6 nitrogen and oxygen atoms in total. The molecule has 0 spiro atoms. The molecule has 0 radical (unpaired) electrons. The zero-order chi connectivity index (χ0) is 18.0. The van der Waals surface area contributed by atoms with Crippen LogP contribution in [0.1, 0.15) is 62.9 Å². The normalized spacial score (nSPS) is 28.6. The molecule has 2 heterocycles. The van der Waals surface area contributed by atoms with Gasteiger partial charge in [-0.15, -0.1) is 0 Å². The largest absolute Gasteiger partial charge is 0.356 e. The van der Waals surface area contributed by atoms with Crippen LogP contribution in [0.5, 0.6) is 0 Å². The van der Waals surface area contributed by atoms with Crippen LogP contribution in [0.2, 0.25) is 0 Å². The number of H-pyrrole nitrogens is 1. The van der Waals surface area contributed by atoms with Crippen LogP contribution in [0.25, 0.3) is 0 Å². The summed E-state index contributed by atoms with van der Waals surface area (Å²) in [4.78, 5) is 15.6. The third-order valence-electron chi connectivity index (χ3n) is 5.88. The van der Waals surface area contributed by atoms with E-state index in [0.717, 1.165) is 32.1 Å². The Balaban J connectivity index is 1.69. The maximum Gasteiger partial charge on any atom is 0.267 e. The first-order valence-corrected chi connectivity index (χ1v) is 10.8. The van der Waals surface area contributed by atoms with Gasteiger partial charge in [-0.1, -0.05) is 33.1 Å². The van der Waals surface area contributed by atoms with Gasteiger partial charge in [-0.2, -0.15) is 4.31 Å². The summed E-state index contributed by atoms with van der Waals surface area (Å²) in [6, 6.07) is 1.62. The summed E-state index contributed by atoms with van der Waals surface area (Å²) < 4.78 is 26.9. The number of aromatic amines is 1. The second-order valence-electron chi connectivity index (χ2n) is 7.56. The number of hydrogen-bond donors (Lipinski definition) is 2. The molecule has 0 aromatic carbocycles. The average molecular weight is 368 g/mol. The molecule has 0 unspecified atom stereocenters. The number of rotatable bonds is 4. The van der Waals surface area contributed by atoms with E-state index in [9.17, 15) is 13.2 Å². The Labute approximate surface area is 150 Å². The number of aromatic nitrogens is 1. The number of sulfonamides is 1. The lowest BCUT2D eigenvalue weighted by molar-refractivity contribution is 0.0886. The van der Waals surface area contributed by atoms with Crippen LogP contribution in [-0.2, 0) is 10.0 Å². The Morgan fingerprint density at radius 3 is 2.60 bits per heavy atom. The van der Waals surface area contributed by atoms with Crippen LogP contribution in [0.3, 0.4) is 0 Å². The molecule has 2 N–H and O–H groups in total.